The molecular weight excluding hydrogens is 218 g/mol. The Morgan fingerprint density at radius 2 is 1.28 bits per heavy atom. The highest BCUT2D eigenvalue weighted by atomic mass is 15.1. The first-order valence-corrected chi connectivity index (χ1v) is 6.71. The number of rotatable bonds is 5. The summed E-state index contributed by atoms with van der Waals surface area (Å²) in [7, 11) is 0. The van der Waals surface area contributed by atoms with Crippen molar-refractivity contribution < 1.29 is 0 Å². The van der Waals surface area contributed by atoms with E-state index in [4.69, 9.17) is 0 Å². The van der Waals surface area contributed by atoms with Crippen LogP contribution >= 0.6 is 0 Å². The Hall–Kier alpha value is -1.76. The van der Waals surface area contributed by atoms with Gasteiger partial charge in [-0.05, 0) is 43.5 Å². The van der Waals surface area contributed by atoms with E-state index >= 15 is 0 Å². The van der Waals surface area contributed by atoms with Crippen LogP contribution in [0.1, 0.15) is 25.0 Å². The van der Waals surface area contributed by atoms with Gasteiger partial charge in [-0.1, -0.05) is 42.5 Å². The fraction of sp³-hybridized carbons (Fsp3) is 0.294. The molecule has 0 atom stereocenters. The fourth-order valence-corrected chi connectivity index (χ4v) is 2.24. The molecule has 0 heterocycles. The van der Waals surface area contributed by atoms with Crippen molar-refractivity contribution >= 4 is 5.69 Å². The van der Waals surface area contributed by atoms with Crippen molar-refractivity contribution in [3.63, 3.8) is 0 Å². The van der Waals surface area contributed by atoms with Gasteiger partial charge in [-0.3, -0.25) is 0 Å². The second kappa shape index (κ2) is 6.25. The minimum Gasteiger partial charge on any atom is -0.372 e. The molecular formula is C17H21N. The molecule has 0 bridgehead atoms. The zero-order chi connectivity index (χ0) is 12.8. The van der Waals surface area contributed by atoms with Crippen LogP contribution in [0.3, 0.4) is 0 Å². The third-order valence-electron chi connectivity index (χ3n) is 3.32. The number of hydrogen-bond donors (Lipinski definition) is 0. The topological polar surface area (TPSA) is 3.24 Å². The van der Waals surface area contributed by atoms with Crippen LogP contribution in [0.25, 0.3) is 0 Å². The van der Waals surface area contributed by atoms with Gasteiger partial charge in [-0.2, -0.15) is 0 Å². The molecule has 0 aliphatic rings. The summed E-state index contributed by atoms with van der Waals surface area (Å²) in [4.78, 5) is 2.37. The van der Waals surface area contributed by atoms with Gasteiger partial charge in [0.25, 0.3) is 0 Å². The van der Waals surface area contributed by atoms with Crippen molar-refractivity contribution in [1.29, 1.82) is 0 Å². The third-order valence-corrected chi connectivity index (χ3v) is 3.32. The molecule has 0 spiro atoms. The van der Waals surface area contributed by atoms with E-state index in [0.29, 0.717) is 0 Å². The van der Waals surface area contributed by atoms with Gasteiger partial charge >= 0.3 is 0 Å². The molecule has 0 fully saturated rings. The Morgan fingerprint density at radius 3 is 1.83 bits per heavy atom. The molecule has 0 saturated carbocycles. The highest BCUT2D eigenvalue weighted by Crippen LogP contribution is 2.17. The first-order valence-electron chi connectivity index (χ1n) is 6.71. The van der Waals surface area contributed by atoms with E-state index < -0.39 is 0 Å². The molecule has 0 radical (unpaired) electrons. The molecule has 18 heavy (non-hydrogen) atoms. The molecule has 1 nitrogen and oxygen atoms in total. The maximum atomic E-state index is 2.37. The average Bonchev–Trinajstić information content (AvgIpc) is 2.43. The molecule has 0 N–H and O–H groups in total. The highest BCUT2D eigenvalue weighted by Gasteiger charge is 2.01. The molecule has 0 aliphatic heterocycles. The zero-order valence-electron chi connectivity index (χ0n) is 11.3. The van der Waals surface area contributed by atoms with Gasteiger partial charge in [-0.15, -0.1) is 0 Å². The van der Waals surface area contributed by atoms with Crippen molar-refractivity contribution in [3.8, 4) is 0 Å². The van der Waals surface area contributed by atoms with Crippen LogP contribution in [0, 0.1) is 0 Å². The van der Waals surface area contributed by atoms with Crippen LogP contribution in [-0.2, 0) is 6.42 Å². The highest BCUT2D eigenvalue weighted by molar-refractivity contribution is 5.47. The summed E-state index contributed by atoms with van der Waals surface area (Å²) in [5.41, 5.74) is 4.06. The molecule has 2 aromatic rings. The van der Waals surface area contributed by atoms with E-state index in [2.05, 4.69) is 73.3 Å². The summed E-state index contributed by atoms with van der Waals surface area (Å²) in [6.45, 7) is 6.52. The van der Waals surface area contributed by atoms with Gasteiger partial charge in [0.15, 0.2) is 0 Å². The first-order chi connectivity index (χ1) is 8.83. The lowest BCUT2D eigenvalue weighted by molar-refractivity contribution is 0.866. The Kier molecular flexibility index (Phi) is 4.40. The maximum absolute atomic E-state index is 2.37. The predicted octanol–water partition coefficient (Wildman–Crippen LogP) is 4.12. The normalized spacial score (nSPS) is 10.3. The molecule has 0 aliphatic carbocycles. The second-order valence-corrected chi connectivity index (χ2v) is 4.50. The summed E-state index contributed by atoms with van der Waals surface area (Å²) < 4.78 is 0. The summed E-state index contributed by atoms with van der Waals surface area (Å²) >= 11 is 0. The van der Waals surface area contributed by atoms with Crippen molar-refractivity contribution in [2.24, 2.45) is 0 Å². The molecule has 2 rings (SSSR count). The Balaban J connectivity index is 2.08. The lowest BCUT2D eigenvalue weighted by Gasteiger charge is -2.21. The molecule has 0 unspecified atom stereocenters. The van der Waals surface area contributed by atoms with Gasteiger partial charge in [0.05, 0.1) is 0 Å². The monoisotopic (exact) mass is 239 g/mol. The van der Waals surface area contributed by atoms with Crippen LogP contribution in [0.5, 0.6) is 0 Å². The summed E-state index contributed by atoms with van der Waals surface area (Å²) in [5, 5.41) is 0. The van der Waals surface area contributed by atoms with E-state index in [1.54, 1.807) is 0 Å². The van der Waals surface area contributed by atoms with Crippen molar-refractivity contribution in [2.75, 3.05) is 18.0 Å². The van der Waals surface area contributed by atoms with Crippen molar-refractivity contribution in [1.82, 2.24) is 0 Å². The molecule has 2 aromatic carbocycles. The van der Waals surface area contributed by atoms with Crippen LogP contribution in [0.2, 0.25) is 0 Å². The molecule has 0 aromatic heterocycles. The largest absolute Gasteiger partial charge is 0.372 e. The van der Waals surface area contributed by atoms with Gasteiger partial charge in [-0.25, -0.2) is 0 Å². The molecule has 94 valence electrons. The summed E-state index contributed by atoms with van der Waals surface area (Å²) in [6.07, 6.45) is 1.01. The van der Waals surface area contributed by atoms with E-state index in [0.717, 1.165) is 19.5 Å². The van der Waals surface area contributed by atoms with Crippen molar-refractivity contribution in [2.45, 2.75) is 20.3 Å². The Bertz CT molecular complexity index is 455. The van der Waals surface area contributed by atoms with Crippen LogP contribution < -0.4 is 4.90 Å². The summed E-state index contributed by atoms with van der Waals surface area (Å²) in [6, 6.07) is 19.5. The van der Waals surface area contributed by atoms with E-state index in [1.807, 2.05) is 0 Å². The quantitative estimate of drug-likeness (QED) is 0.758. The third kappa shape index (κ3) is 3.13. The standard InChI is InChI=1S/C17H21N/c1-3-18(4-2)17-12-10-16(11-13-17)14-15-8-6-5-7-9-15/h5-13H,3-4,14H2,1-2H3. The number of anilines is 1. The van der Waals surface area contributed by atoms with Crippen LogP contribution in [0.4, 0.5) is 5.69 Å². The van der Waals surface area contributed by atoms with Gasteiger partial charge in [0.1, 0.15) is 0 Å². The number of hydrogen-bond acceptors (Lipinski definition) is 1. The fourth-order valence-electron chi connectivity index (χ4n) is 2.24. The number of benzene rings is 2. The zero-order valence-corrected chi connectivity index (χ0v) is 11.3. The van der Waals surface area contributed by atoms with Crippen molar-refractivity contribution in [3.05, 3.63) is 65.7 Å². The van der Waals surface area contributed by atoms with Gasteiger partial charge in [0.2, 0.25) is 0 Å². The lowest BCUT2D eigenvalue weighted by atomic mass is 10.0. The smallest absolute Gasteiger partial charge is 0.0366 e. The minimum absolute atomic E-state index is 1.01. The summed E-state index contributed by atoms with van der Waals surface area (Å²) in [5.74, 6) is 0. The van der Waals surface area contributed by atoms with Crippen LogP contribution in [0.15, 0.2) is 54.6 Å². The van der Waals surface area contributed by atoms with Gasteiger partial charge < -0.3 is 4.90 Å². The first kappa shape index (κ1) is 12.7. The van der Waals surface area contributed by atoms with Crippen LogP contribution in [-0.4, -0.2) is 13.1 Å². The molecule has 1 heteroatoms. The van der Waals surface area contributed by atoms with Gasteiger partial charge in [0, 0.05) is 18.8 Å². The minimum atomic E-state index is 1.01. The van der Waals surface area contributed by atoms with E-state index in [1.165, 1.54) is 16.8 Å². The SMILES string of the molecule is CCN(CC)c1ccc(Cc2ccccc2)cc1. The predicted molar refractivity (Wildman–Crippen MR) is 79.3 cm³/mol. The van der Waals surface area contributed by atoms with E-state index in [-0.39, 0.29) is 0 Å². The lowest BCUT2D eigenvalue weighted by Crippen LogP contribution is -2.21. The Morgan fingerprint density at radius 1 is 0.722 bits per heavy atom. The average molecular weight is 239 g/mol. The number of nitrogens with zero attached hydrogens (tertiary/aromatic N) is 1. The molecule has 0 saturated heterocycles. The second-order valence-electron chi connectivity index (χ2n) is 4.50. The molecule has 0 amide bonds. The Labute approximate surface area is 110 Å². The van der Waals surface area contributed by atoms with E-state index in [9.17, 15) is 0 Å². The maximum Gasteiger partial charge on any atom is 0.0366 e.